The molecule has 1 aromatic carbocycles. The van der Waals surface area contributed by atoms with E-state index in [1.165, 1.54) is 5.56 Å². The lowest BCUT2D eigenvalue weighted by atomic mass is 9.91. The summed E-state index contributed by atoms with van der Waals surface area (Å²) in [7, 11) is 1.68. The van der Waals surface area contributed by atoms with Crippen LogP contribution in [-0.2, 0) is 11.2 Å². The zero-order valence-corrected chi connectivity index (χ0v) is 12.9. The van der Waals surface area contributed by atoms with Gasteiger partial charge in [-0.1, -0.05) is 12.1 Å². The Morgan fingerprint density at radius 2 is 2.10 bits per heavy atom. The van der Waals surface area contributed by atoms with Gasteiger partial charge in [0.05, 0.1) is 13.0 Å². The number of carboxylic acids is 1. The van der Waals surface area contributed by atoms with Crippen molar-refractivity contribution in [1.29, 1.82) is 0 Å². The van der Waals surface area contributed by atoms with Crippen molar-refractivity contribution in [3.8, 4) is 5.75 Å². The molecular formula is C17H25NO3. The summed E-state index contributed by atoms with van der Waals surface area (Å²) in [5, 5.41) is 9.08. The number of piperidine rings is 1. The zero-order chi connectivity index (χ0) is 15.2. The number of ether oxygens (including phenoxy) is 1. The van der Waals surface area contributed by atoms with Crippen LogP contribution < -0.4 is 4.74 Å². The maximum atomic E-state index is 11.0. The Hall–Kier alpha value is -1.55. The highest BCUT2D eigenvalue weighted by Crippen LogP contribution is 2.23. The SMILES string of the molecule is COc1ccc(CCCN2CCC(C(=O)O)CC2C)cc1. The van der Waals surface area contributed by atoms with Crippen LogP contribution in [-0.4, -0.2) is 42.2 Å². The number of aliphatic carboxylic acids is 1. The van der Waals surface area contributed by atoms with E-state index < -0.39 is 5.97 Å². The fourth-order valence-corrected chi connectivity index (χ4v) is 3.06. The minimum Gasteiger partial charge on any atom is -0.497 e. The first-order chi connectivity index (χ1) is 10.1. The van der Waals surface area contributed by atoms with E-state index in [9.17, 15) is 4.79 Å². The highest BCUT2D eigenvalue weighted by Gasteiger charge is 2.29. The predicted molar refractivity (Wildman–Crippen MR) is 82.7 cm³/mol. The number of hydrogen-bond donors (Lipinski definition) is 1. The lowest BCUT2D eigenvalue weighted by Crippen LogP contribution is -2.43. The summed E-state index contributed by atoms with van der Waals surface area (Å²) >= 11 is 0. The Bertz CT molecular complexity index is 458. The van der Waals surface area contributed by atoms with Crippen LogP contribution >= 0.6 is 0 Å². The van der Waals surface area contributed by atoms with Gasteiger partial charge in [-0.3, -0.25) is 4.79 Å². The van der Waals surface area contributed by atoms with Crippen molar-refractivity contribution in [2.24, 2.45) is 5.92 Å². The number of hydrogen-bond acceptors (Lipinski definition) is 3. The molecule has 2 unspecified atom stereocenters. The monoisotopic (exact) mass is 291 g/mol. The fourth-order valence-electron chi connectivity index (χ4n) is 3.06. The summed E-state index contributed by atoms with van der Waals surface area (Å²) in [6.45, 7) is 4.09. The molecule has 2 rings (SSSR count). The molecule has 1 aliphatic rings. The van der Waals surface area contributed by atoms with Crippen LogP contribution in [0.15, 0.2) is 24.3 Å². The normalized spacial score (nSPS) is 23.0. The second-order valence-electron chi connectivity index (χ2n) is 5.90. The molecule has 0 aliphatic carbocycles. The van der Waals surface area contributed by atoms with Gasteiger partial charge < -0.3 is 14.7 Å². The first-order valence-corrected chi connectivity index (χ1v) is 7.70. The smallest absolute Gasteiger partial charge is 0.306 e. The maximum absolute atomic E-state index is 11.0. The van der Waals surface area contributed by atoms with E-state index in [4.69, 9.17) is 9.84 Å². The van der Waals surface area contributed by atoms with Crippen molar-refractivity contribution in [1.82, 2.24) is 4.90 Å². The van der Waals surface area contributed by atoms with E-state index in [0.29, 0.717) is 6.04 Å². The summed E-state index contributed by atoms with van der Waals surface area (Å²) in [5.74, 6) is 0.0979. The molecule has 0 spiro atoms. The molecule has 4 nitrogen and oxygen atoms in total. The van der Waals surface area contributed by atoms with E-state index >= 15 is 0 Å². The van der Waals surface area contributed by atoms with Crippen LogP contribution in [0.4, 0.5) is 0 Å². The molecule has 0 saturated carbocycles. The number of carbonyl (C=O) groups is 1. The first-order valence-electron chi connectivity index (χ1n) is 7.70. The average Bonchev–Trinajstić information content (AvgIpc) is 2.49. The largest absolute Gasteiger partial charge is 0.497 e. The quantitative estimate of drug-likeness (QED) is 0.875. The van der Waals surface area contributed by atoms with Crippen molar-refractivity contribution in [2.45, 2.75) is 38.6 Å². The molecule has 0 bridgehead atoms. The van der Waals surface area contributed by atoms with Crippen molar-refractivity contribution in [3.05, 3.63) is 29.8 Å². The lowest BCUT2D eigenvalue weighted by Gasteiger charge is -2.36. The molecule has 4 heteroatoms. The van der Waals surface area contributed by atoms with Crippen LogP contribution in [0.2, 0.25) is 0 Å². The fraction of sp³-hybridized carbons (Fsp3) is 0.588. The number of benzene rings is 1. The van der Waals surface area contributed by atoms with Gasteiger partial charge >= 0.3 is 5.97 Å². The third kappa shape index (κ3) is 4.46. The van der Waals surface area contributed by atoms with Gasteiger partial charge in [0.2, 0.25) is 0 Å². The Morgan fingerprint density at radius 1 is 1.38 bits per heavy atom. The van der Waals surface area contributed by atoms with Crippen molar-refractivity contribution in [2.75, 3.05) is 20.2 Å². The second-order valence-corrected chi connectivity index (χ2v) is 5.90. The van der Waals surface area contributed by atoms with Crippen molar-refractivity contribution in [3.63, 3.8) is 0 Å². The molecule has 2 atom stereocenters. The second kappa shape index (κ2) is 7.46. The van der Waals surface area contributed by atoms with Gasteiger partial charge in [-0.05, 0) is 63.4 Å². The Morgan fingerprint density at radius 3 is 2.67 bits per heavy atom. The Labute approximate surface area is 126 Å². The zero-order valence-electron chi connectivity index (χ0n) is 12.9. The third-order valence-electron chi connectivity index (χ3n) is 4.43. The van der Waals surface area contributed by atoms with Gasteiger partial charge in [-0.15, -0.1) is 0 Å². The highest BCUT2D eigenvalue weighted by molar-refractivity contribution is 5.70. The lowest BCUT2D eigenvalue weighted by molar-refractivity contribution is -0.144. The van der Waals surface area contributed by atoms with Gasteiger partial charge in [-0.2, -0.15) is 0 Å². The maximum Gasteiger partial charge on any atom is 0.306 e. The van der Waals surface area contributed by atoms with Crippen LogP contribution in [0.1, 0.15) is 31.7 Å². The molecule has 1 aromatic rings. The summed E-state index contributed by atoms with van der Waals surface area (Å²) in [6, 6.07) is 8.58. The molecule has 1 N–H and O–H groups in total. The molecule has 21 heavy (non-hydrogen) atoms. The molecule has 0 radical (unpaired) electrons. The Kier molecular flexibility index (Phi) is 5.62. The van der Waals surface area contributed by atoms with Gasteiger partial charge in [0.15, 0.2) is 0 Å². The molecule has 0 aromatic heterocycles. The number of aryl methyl sites for hydroxylation is 1. The van der Waals surface area contributed by atoms with Gasteiger partial charge in [0.1, 0.15) is 5.75 Å². The standard InChI is InChI=1S/C17H25NO3/c1-13-12-15(17(19)20)9-11-18(13)10-3-4-14-5-7-16(21-2)8-6-14/h5-8,13,15H,3-4,9-12H2,1-2H3,(H,19,20). The molecule has 1 saturated heterocycles. The molecule has 0 amide bonds. The average molecular weight is 291 g/mol. The number of methoxy groups -OCH3 is 1. The molecular weight excluding hydrogens is 266 g/mol. The van der Waals surface area contributed by atoms with Crippen LogP contribution in [0.5, 0.6) is 5.75 Å². The molecule has 1 aliphatic heterocycles. The molecule has 116 valence electrons. The minimum atomic E-state index is -0.639. The summed E-state index contributed by atoms with van der Waals surface area (Å²) in [6.07, 6.45) is 3.71. The molecule has 1 fully saturated rings. The first kappa shape index (κ1) is 15.8. The van der Waals surface area contributed by atoms with Crippen LogP contribution in [0.3, 0.4) is 0 Å². The topological polar surface area (TPSA) is 49.8 Å². The predicted octanol–water partition coefficient (Wildman–Crippen LogP) is 2.81. The van der Waals surface area contributed by atoms with Crippen LogP contribution in [0.25, 0.3) is 0 Å². The van der Waals surface area contributed by atoms with Crippen molar-refractivity contribution >= 4 is 5.97 Å². The summed E-state index contributed by atoms with van der Waals surface area (Å²) in [5.41, 5.74) is 1.32. The number of carboxylic acid groups (broad SMARTS) is 1. The van der Waals surface area contributed by atoms with Crippen molar-refractivity contribution < 1.29 is 14.6 Å². The van der Waals surface area contributed by atoms with E-state index in [2.05, 4.69) is 24.0 Å². The minimum absolute atomic E-state index is 0.155. The highest BCUT2D eigenvalue weighted by atomic mass is 16.5. The summed E-state index contributed by atoms with van der Waals surface area (Å²) in [4.78, 5) is 13.4. The van der Waals surface area contributed by atoms with E-state index in [1.54, 1.807) is 7.11 Å². The van der Waals surface area contributed by atoms with Gasteiger partial charge in [-0.25, -0.2) is 0 Å². The van der Waals surface area contributed by atoms with Gasteiger partial charge in [0, 0.05) is 6.04 Å². The van der Waals surface area contributed by atoms with E-state index in [-0.39, 0.29) is 5.92 Å². The number of rotatable bonds is 6. The summed E-state index contributed by atoms with van der Waals surface area (Å²) < 4.78 is 5.16. The van der Waals surface area contributed by atoms with Crippen LogP contribution in [0, 0.1) is 5.92 Å². The van der Waals surface area contributed by atoms with E-state index in [1.807, 2.05) is 12.1 Å². The number of nitrogens with zero attached hydrogens (tertiary/aromatic N) is 1. The molecule has 1 heterocycles. The van der Waals surface area contributed by atoms with Gasteiger partial charge in [0.25, 0.3) is 0 Å². The number of likely N-dealkylation sites (tertiary alicyclic amines) is 1. The Balaban J connectivity index is 1.74. The van der Waals surface area contributed by atoms with E-state index in [0.717, 1.165) is 44.5 Å². The third-order valence-corrected chi connectivity index (χ3v) is 4.43.